The first-order valence-electron chi connectivity index (χ1n) is 9.81. The Balaban J connectivity index is 1.87. The molecular weight excluding hydrogens is 402 g/mol. The molecule has 0 spiro atoms. The van der Waals surface area contributed by atoms with E-state index in [4.69, 9.17) is 25.5 Å². The van der Waals surface area contributed by atoms with Crippen molar-refractivity contribution in [1.82, 2.24) is 4.90 Å². The highest BCUT2D eigenvalue weighted by atomic mass is 35.5. The van der Waals surface area contributed by atoms with Crippen molar-refractivity contribution in [2.45, 2.75) is 26.3 Å². The highest BCUT2D eigenvalue weighted by molar-refractivity contribution is 6.30. The molecule has 0 N–H and O–H groups in total. The number of nitrogens with zero attached hydrogens (tertiary/aromatic N) is 1. The Labute approximate surface area is 181 Å². The van der Waals surface area contributed by atoms with Gasteiger partial charge in [0, 0.05) is 11.6 Å². The lowest BCUT2D eigenvalue weighted by Crippen LogP contribution is -2.40. The van der Waals surface area contributed by atoms with E-state index in [1.54, 1.807) is 20.3 Å². The van der Waals surface area contributed by atoms with Gasteiger partial charge in [0.05, 0.1) is 25.8 Å². The Kier molecular flexibility index (Phi) is 5.48. The van der Waals surface area contributed by atoms with E-state index >= 15 is 0 Å². The normalized spacial score (nSPS) is 15.6. The number of carbonyl (C=O) groups excluding carboxylic acids is 1. The van der Waals surface area contributed by atoms with Crippen LogP contribution in [0, 0.1) is 13.8 Å². The summed E-state index contributed by atoms with van der Waals surface area (Å²) in [5, 5.41) is 0.628. The van der Waals surface area contributed by atoms with Crippen LogP contribution in [0.5, 0.6) is 11.5 Å². The van der Waals surface area contributed by atoms with Gasteiger partial charge in [-0.2, -0.15) is 0 Å². The minimum Gasteiger partial charge on any atom is -0.493 e. The van der Waals surface area contributed by atoms with E-state index in [1.807, 2.05) is 55.1 Å². The van der Waals surface area contributed by atoms with Crippen LogP contribution in [0.1, 0.15) is 44.6 Å². The molecule has 1 unspecified atom stereocenters. The molecule has 0 saturated carbocycles. The van der Waals surface area contributed by atoms with Gasteiger partial charge in [-0.25, -0.2) is 0 Å². The molecule has 0 bridgehead atoms. The number of rotatable bonds is 4. The molecule has 1 aliphatic heterocycles. The summed E-state index contributed by atoms with van der Waals surface area (Å²) in [5.74, 6) is 2.60. The summed E-state index contributed by atoms with van der Waals surface area (Å²) in [5.41, 5.74) is 3.67. The molecule has 0 saturated heterocycles. The number of amides is 1. The van der Waals surface area contributed by atoms with Crippen molar-refractivity contribution >= 4 is 17.5 Å². The summed E-state index contributed by atoms with van der Waals surface area (Å²) >= 11 is 6.31. The molecule has 0 aliphatic carbocycles. The Bertz CT molecular complexity index is 1100. The fourth-order valence-electron chi connectivity index (χ4n) is 4.20. The van der Waals surface area contributed by atoms with E-state index in [-0.39, 0.29) is 11.9 Å². The average molecular weight is 426 g/mol. The van der Waals surface area contributed by atoms with E-state index in [0.717, 1.165) is 22.5 Å². The van der Waals surface area contributed by atoms with Crippen molar-refractivity contribution in [2.24, 2.45) is 0 Å². The Morgan fingerprint density at radius 1 is 1.10 bits per heavy atom. The number of hydrogen-bond donors (Lipinski definition) is 0. The average Bonchev–Trinajstić information content (AvgIpc) is 3.09. The first-order chi connectivity index (χ1) is 14.4. The highest BCUT2D eigenvalue weighted by Gasteiger charge is 2.35. The number of fused-ring (bicyclic) bond motifs is 1. The zero-order chi connectivity index (χ0) is 21.4. The molecule has 0 radical (unpaired) electrons. The van der Waals surface area contributed by atoms with Crippen LogP contribution < -0.4 is 9.47 Å². The molecule has 2 heterocycles. The minimum atomic E-state index is -0.297. The molecule has 2 aromatic carbocycles. The van der Waals surface area contributed by atoms with Gasteiger partial charge in [0.2, 0.25) is 0 Å². The molecule has 156 valence electrons. The van der Waals surface area contributed by atoms with Crippen LogP contribution in [0.2, 0.25) is 5.02 Å². The molecule has 4 rings (SSSR count). The number of aryl methyl sites for hydroxylation is 2. The van der Waals surface area contributed by atoms with Crippen molar-refractivity contribution < 1.29 is 18.7 Å². The largest absolute Gasteiger partial charge is 0.493 e. The molecule has 1 aliphatic rings. The Morgan fingerprint density at radius 3 is 2.47 bits per heavy atom. The van der Waals surface area contributed by atoms with Gasteiger partial charge < -0.3 is 18.8 Å². The monoisotopic (exact) mass is 425 g/mol. The van der Waals surface area contributed by atoms with Crippen LogP contribution in [-0.4, -0.2) is 31.6 Å². The lowest BCUT2D eigenvalue weighted by Gasteiger charge is -2.38. The van der Waals surface area contributed by atoms with Crippen LogP contribution in [0.25, 0.3) is 0 Å². The lowest BCUT2D eigenvalue weighted by molar-refractivity contribution is 0.0692. The topological polar surface area (TPSA) is 51.9 Å². The van der Waals surface area contributed by atoms with Crippen molar-refractivity contribution in [3.8, 4) is 11.5 Å². The molecule has 1 atom stereocenters. The van der Waals surface area contributed by atoms with Gasteiger partial charge in [0.1, 0.15) is 11.5 Å². The molecule has 5 nitrogen and oxygen atoms in total. The third-order valence-electron chi connectivity index (χ3n) is 5.57. The third kappa shape index (κ3) is 3.54. The van der Waals surface area contributed by atoms with E-state index in [0.29, 0.717) is 40.8 Å². The first kappa shape index (κ1) is 20.4. The molecular formula is C24H24ClNO4. The van der Waals surface area contributed by atoms with Gasteiger partial charge in [-0.1, -0.05) is 23.7 Å². The maximum Gasteiger partial charge on any atom is 0.258 e. The summed E-state index contributed by atoms with van der Waals surface area (Å²) in [6, 6.07) is 13.1. The standard InChI is InChI=1S/C24H24ClNO4/c1-14-10-19(15(2)30-14)24(27)26-9-8-16-12-21(28-3)22(29-4)13-20(16)23(26)17-6-5-7-18(25)11-17/h5-7,10-13,23H,8-9H2,1-4H3. The molecule has 3 aromatic rings. The number of benzene rings is 2. The van der Waals surface area contributed by atoms with Crippen molar-refractivity contribution in [2.75, 3.05) is 20.8 Å². The Morgan fingerprint density at radius 2 is 1.83 bits per heavy atom. The molecule has 1 amide bonds. The summed E-state index contributed by atoms with van der Waals surface area (Å²) in [6.45, 7) is 4.24. The van der Waals surface area contributed by atoms with Crippen LogP contribution in [-0.2, 0) is 6.42 Å². The zero-order valence-electron chi connectivity index (χ0n) is 17.5. The smallest absolute Gasteiger partial charge is 0.258 e. The second-order valence-electron chi connectivity index (χ2n) is 7.44. The SMILES string of the molecule is COc1cc2c(cc1OC)C(c1cccc(Cl)c1)N(C(=O)c1cc(C)oc1C)CC2. The number of furan rings is 1. The minimum absolute atomic E-state index is 0.0604. The molecule has 6 heteroatoms. The van der Waals surface area contributed by atoms with Gasteiger partial charge >= 0.3 is 0 Å². The van der Waals surface area contributed by atoms with E-state index in [1.165, 1.54) is 0 Å². The predicted octanol–water partition coefficient (Wildman–Crippen LogP) is 5.35. The third-order valence-corrected chi connectivity index (χ3v) is 5.81. The number of ether oxygens (including phenoxy) is 2. The van der Waals surface area contributed by atoms with Crippen LogP contribution in [0.4, 0.5) is 0 Å². The van der Waals surface area contributed by atoms with E-state index < -0.39 is 0 Å². The lowest BCUT2D eigenvalue weighted by atomic mass is 9.87. The van der Waals surface area contributed by atoms with Gasteiger partial charge in [-0.15, -0.1) is 0 Å². The summed E-state index contributed by atoms with van der Waals surface area (Å²) < 4.78 is 16.6. The number of halogens is 1. The van der Waals surface area contributed by atoms with Crippen LogP contribution in [0.15, 0.2) is 46.9 Å². The van der Waals surface area contributed by atoms with Gasteiger partial charge in [0.15, 0.2) is 11.5 Å². The molecule has 1 aromatic heterocycles. The van der Waals surface area contributed by atoms with Crippen LogP contribution >= 0.6 is 11.6 Å². The summed E-state index contributed by atoms with van der Waals surface area (Å²) in [4.78, 5) is 15.5. The Hall–Kier alpha value is -2.92. The highest BCUT2D eigenvalue weighted by Crippen LogP contribution is 2.42. The van der Waals surface area contributed by atoms with Gasteiger partial charge in [-0.05, 0) is 67.3 Å². The number of hydrogen-bond acceptors (Lipinski definition) is 4. The maximum atomic E-state index is 13.6. The second kappa shape index (κ2) is 8.07. The second-order valence-corrected chi connectivity index (χ2v) is 7.88. The van der Waals surface area contributed by atoms with Crippen molar-refractivity contribution in [1.29, 1.82) is 0 Å². The first-order valence-corrected chi connectivity index (χ1v) is 10.2. The molecule has 30 heavy (non-hydrogen) atoms. The van der Waals surface area contributed by atoms with E-state index in [2.05, 4.69) is 0 Å². The fraction of sp³-hybridized carbons (Fsp3) is 0.292. The van der Waals surface area contributed by atoms with E-state index in [9.17, 15) is 4.79 Å². The van der Waals surface area contributed by atoms with Gasteiger partial charge in [0.25, 0.3) is 5.91 Å². The maximum absolute atomic E-state index is 13.6. The van der Waals surface area contributed by atoms with Crippen LogP contribution in [0.3, 0.4) is 0 Å². The van der Waals surface area contributed by atoms with Crippen molar-refractivity contribution in [3.63, 3.8) is 0 Å². The van der Waals surface area contributed by atoms with Crippen molar-refractivity contribution in [3.05, 3.63) is 81.3 Å². The summed E-state index contributed by atoms with van der Waals surface area (Å²) in [7, 11) is 3.24. The number of carbonyl (C=O) groups is 1. The summed E-state index contributed by atoms with van der Waals surface area (Å²) in [6.07, 6.45) is 0.717. The zero-order valence-corrected chi connectivity index (χ0v) is 18.2. The fourth-order valence-corrected chi connectivity index (χ4v) is 4.40. The molecule has 0 fully saturated rings. The predicted molar refractivity (Wildman–Crippen MR) is 116 cm³/mol. The number of methoxy groups -OCH3 is 2. The quantitative estimate of drug-likeness (QED) is 0.565. The van der Waals surface area contributed by atoms with Gasteiger partial charge in [-0.3, -0.25) is 4.79 Å².